The molecule has 2 heterocycles. The Bertz CT molecular complexity index is 652. The van der Waals surface area contributed by atoms with Crippen LogP contribution in [0.25, 0.3) is 10.9 Å². The average Bonchev–Trinajstić information content (AvgIpc) is 2.85. The van der Waals surface area contributed by atoms with Crippen LogP contribution in [0.2, 0.25) is 0 Å². The number of aromatic amines is 1. The number of nitrogens with one attached hydrogen (secondary N) is 1. The van der Waals surface area contributed by atoms with Gasteiger partial charge in [-0.25, -0.2) is 0 Å². The van der Waals surface area contributed by atoms with Gasteiger partial charge in [0.15, 0.2) is 0 Å². The van der Waals surface area contributed by atoms with Crippen molar-refractivity contribution in [3.63, 3.8) is 0 Å². The van der Waals surface area contributed by atoms with Crippen molar-refractivity contribution in [3.05, 3.63) is 36.0 Å². The number of aromatic nitrogens is 1. The Morgan fingerprint density at radius 1 is 1.43 bits per heavy atom. The lowest BCUT2D eigenvalue weighted by Crippen LogP contribution is -2.50. The summed E-state index contributed by atoms with van der Waals surface area (Å²) in [5, 5.41) is 20.4. The van der Waals surface area contributed by atoms with Gasteiger partial charge in [0.05, 0.1) is 12.0 Å². The van der Waals surface area contributed by atoms with Crippen LogP contribution in [0.15, 0.2) is 30.5 Å². The molecule has 5 nitrogen and oxygen atoms in total. The maximum atomic E-state index is 11.1. The Labute approximate surface area is 123 Å². The monoisotopic (exact) mass is 288 g/mol. The van der Waals surface area contributed by atoms with E-state index in [0.717, 1.165) is 11.9 Å². The number of piperidine rings is 1. The van der Waals surface area contributed by atoms with Crippen molar-refractivity contribution in [2.24, 2.45) is 5.92 Å². The number of carbonyl (C=O) groups is 1. The van der Waals surface area contributed by atoms with Crippen molar-refractivity contribution >= 4 is 16.9 Å². The molecule has 5 heteroatoms. The molecule has 3 rings (SSSR count). The number of aliphatic hydroxyl groups is 1. The van der Waals surface area contributed by atoms with Crippen LogP contribution in [0.1, 0.15) is 12.0 Å². The first-order chi connectivity index (χ1) is 10.1. The summed E-state index contributed by atoms with van der Waals surface area (Å²) in [6.45, 7) is 0.392. The maximum Gasteiger partial charge on any atom is 0.310 e. The van der Waals surface area contributed by atoms with Crippen molar-refractivity contribution < 1.29 is 15.0 Å². The van der Waals surface area contributed by atoms with E-state index in [4.69, 9.17) is 5.11 Å². The number of rotatable bonds is 3. The molecule has 2 aromatic rings. The molecule has 1 aromatic carbocycles. The Balaban J connectivity index is 1.78. The number of carboxylic acid groups (broad SMARTS) is 1. The quantitative estimate of drug-likeness (QED) is 0.799. The fraction of sp³-hybridized carbons (Fsp3) is 0.438. The van der Waals surface area contributed by atoms with Gasteiger partial charge < -0.3 is 20.1 Å². The van der Waals surface area contributed by atoms with Gasteiger partial charge in [0.25, 0.3) is 0 Å². The summed E-state index contributed by atoms with van der Waals surface area (Å²) in [4.78, 5) is 16.4. The molecular weight excluding hydrogens is 268 g/mol. The van der Waals surface area contributed by atoms with Crippen LogP contribution in [0.3, 0.4) is 0 Å². The Morgan fingerprint density at radius 2 is 2.19 bits per heavy atom. The standard InChI is InChI=1S/C16H20N2O3/c1-18-9-13(16(20)21)15(19)7-11(18)6-10-8-17-14-5-3-2-4-12(10)14/h2-5,8,11,13,15,17,19H,6-7,9H2,1H3,(H,20,21). The predicted molar refractivity (Wildman–Crippen MR) is 80.2 cm³/mol. The van der Waals surface area contributed by atoms with Crippen LogP contribution in [0.4, 0.5) is 0 Å². The minimum Gasteiger partial charge on any atom is -0.481 e. The van der Waals surface area contributed by atoms with Crippen molar-refractivity contribution in [2.45, 2.75) is 25.0 Å². The van der Waals surface area contributed by atoms with Crippen LogP contribution in [-0.4, -0.2) is 51.8 Å². The Morgan fingerprint density at radius 3 is 2.95 bits per heavy atom. The number of hydrogen-bond donors (Lipinski definition) is 3. The average molecular weight is 288 g/mol. The summed E-state index contributed by atoms with van der Waals surface area (Å²) in [7, 11) is 1.93. The maximum absolute atomic E-state index is 11.1. The molecule has 1 fully saturated rings. The van der Waals surface area contributed by atoms with Crippen molar-refractivity contribution in [3.8, 4) is 0 Å². The number of aliphatic hydroxyl groups excluding tert-OH is 1. The van der Waals surface area contributed by atoms with Crippen molar-refractivity contribution in [1.82, 2.24) is 9.88 Å². The van der Waals surface area contributed by atoms with Gasteiger partial charge in [-0.2, -0.15) is 0 Å². The molecule has 0 spiro atoms. The van der Waals surface area contributed by atoms with Gasteiger partial charge in [-0.3, -0.25) is 4.79 Å². The topological polar surface area (TPSA) is 76.6 Å². The summed E-state index contributed by atoms with van der Waals surface area (Å²) >= 11 is 0. The molecule has 0 radical (unpaired) electrons. The number of para-hydroxylation sites is 1. The van der Waals surface area contributed by atoms with E-state index in [2.05, 4.69) is 11.1 Å². The number of H-pyrrole nitrogens is 1. The number of nitrogens with zero attached hydrogens (tertiary/aromatic N) is 1. The van der Waals surface area contributed by atoms with Crippen molar-refractivity contribution in [2.75, 3.05) is 13.6 Å². The second-order valence-electron chi connectivity index (χ2n) is 5.90. The van der Waals surface area contributed by atoms with Crippen LogP contribution in [0, 0.1) is 5.92 Å². The zero-order chi connectivity index (χ0) is 15.0. The van der Waals surface area contributed by atoms with Crippen LogP contribution in [0.5, 0.6) is 0 Å². The van der Waals surface area contributed by atoms with Gasteiger partial charge in [-0.1, -0.05) is 18.2 Å². The lowest BCUT2D eigenvalue weighted by atomic mass is 9.87. The summed E-state index contributed by atoms with van der Waals surface area (Å²) in [6, 6.07) is 8.30. The van der Waals surface area contributed by atoms with E-state index in [0.29, 0.717) is 13.0 Å². The molecule has 1 aromatic heterocycles. The highest BCUT2D eigenvalue weighted by atomic mass is 16.4. The van der Waals surface area contributed by atoms with Gasteiger partial charge in [-0.05, 0) is 31.5 Å². The molecule has 0 saturated carbocycles. The summed E-state index contributed by atoms with van der Waals surface area (Å²) in [5.74, 6) is -1.60. The first-order valence-electron chi connectivity index (χ1n) is 7.22. The molecule has 3 unspecified atom stereocenters. The van der Waals surface area contributed by atoms with E-state index in [1.807, 2.05) is 36.3 Å². The lowest BCUT2D eigenvalue weighted by Gasteiger charge is -2.38. The van der Waals surface area contributed by atoms with Crippen molar-refractivity contribution in [1.29, 1.82) is 0 Å². The molecular formula is C16H20N2O3. The van der Waals surface area contributed by atoms with Gasteiger partial charge in [0.2, 0.25) is 0 Å². The zero-order valence-electron chi connectivity index (χ0n) is 12.0. The molecule has 1 saturated heterocycles. The van der Waals surface area contributed by atoms with Gasteiger partial charge in [0, 0.05) is 29.7 Å². The summed E-state index contributed by atoms with van der Waals surface area (Å²) in [6.07, 6.45) is 2.54. The minimum atomic E-state index is -0.917. The molecule has 3 atom stereocenters. The zero-order valence-corrected chi connectivity index (χ0v) is 12.0. The molecule has 21 heavy (non-hydrogen) atoms. The fourth-order valence-corrected chi connectivity index (χ4v) is 3.24. The lowest BCUT2D eigenvalue weighted by molar-refractivity contribution is -0.149. The second kappa shape index (κ2) is 5.50. The number of benzene rings is 1. The second-order valence-corrected chi connectivity index (χ2v) is 5.90. The van der Waals surface area contributed by atoms with Crippen LogP contribution < -0.4 is 0 Å². The molecule has 1 aliphatic heterocycles. The predicted octanol–water partition coefficient (Wildman–Crippen LogP) is 1.48. The normalized spacial score (nSPS) is 27.0. The Kier molecular flexibility index (Phi) is 3.69. The van der Waals surface area contributed by atoms with E-state index in [1.54, 1.807) is 0 Å². The molecule has 0 bridgehead atoms. The van der Waals surface area contributed by atoms with Gasteiger partial charge in [-0.15, -0.1) is 0 Å². The molecule has 1 aliphatic rings. The third-order valence-corrected chi connectivity index (χ3v) is 4.53. The largest absolute Gasteiger partial charge is 0.481 e. The minimum absolute atomic E-state index is 0.162. The highest BCUT2D eigenvalue weighted by Crippen LogP contribution is 2.27. The number of likely N-dealkylation sites (N-methyl/N-ethyl adjacent to an activating group) is 1. The first-order valence-corrected chi connectivity index (χ1v) is 7.22. The smallest absolute Gasteiger partial charge is 0.310 e. The molecule has 0 aliphatic carbocycles. The van der Waals surface area contributed by atoms with E-state index in [9.17, 15) is 9.90 Å². The molecule has 112 valence electrons. The van der Waals surface area contributed by atoms with E-state index in [1.165, 1.54) is 10.9 Å². The van der Waals surface area contributed by atoms with Gasteiger partial charge in [0.1, 0.15) is 0 Å². The highest BCUT2D eigenvalue weighted by molar-refractivity contribution is 5.83. The fourth-order valence-electron chi connectivity index (χ4n) is 3.24. The third kappa shape index (κ3) is 2.66. The number of likely N-dealkylation sites (tertiary alicyclic amines) is 1. The van der Waals surface area contributed by atoms with E-state index < -0.39 is 18.0 Å². The summed E-state index contributed by atoms with van der Waals surface area (Å²) < 4.78 is 0. The number of carboxylic acids is 1. The van der Waals surface area contributed by atoms with Crippen LogP contribution >= 0.6 is 0 Å². The number of aliphatic carboxylic acids is 1. The number of hydrogen-bond acceptors (Lipinski definition) is 3. The van der Waals surface area contributed by atoms with E-state index in [-0.39, 0.29) is 6.04 Å². The third-order valence-electron chi connectivity index (χ3n) is 4.53. The van der Waals surface area contributed by atoms with Gasteiger partial charge >= 0.3 is 5.97 Å². The molecule has 0 amide bonds. The first kappa shape index (κ1) is 14.1. The van der Waals surface area contributed by atoms with Crippen LogP contribution in [-0.2, 0) is 11.2 Å². The van der Waals surface area contributed by atoms with E-state index >= 15 is 0 Å². The number of fused-ring (bicyclic) bond motifs is 1. The summed E-state index contributed by atoms with van der Waals surface area (Å²) in [5.41, 5.74) is 2.32. The molecule has 3 N–H and O–H groups in total. The highest BCUT2D eigenvalue weighted by Gasteiger charge is 2.36. The SMILES string of the molecule is CN1CC(C(=O)O)C(O)CC1Cc1c[nH]c2ccccc12. The Hall–Kier alpha value is -1.85.